The van der Waals surface area contributed by atoms with E-state index < -0.39 is 11.0 Å². The maximum absolute atomic E-state index is 12.5. The number of nitro benzene ring substituents is 1. The SMILES string of the molecule is O=C1/C(=C\c2ccc([N+](=O)[O-])cc2)Oc2cc(OC(=O)N3CCOCC3)ccc21. The molecule has 9 nitrogen and oxygen atoms in total. The monoisotopic (exact) mass is 396 g/mol. The summed E-state index contributed by atoms with van der Waals surface area (Å²) < 4.78 is 16.2. The summed E-state index contributed by atoms with van der Waals surface area (Å²) in [7, 11) is 0. The molecule has 29 heavy (non-hydrogen) atoms. The first-order chi connectivity index (χ1) is 14.0. The van der Waals surface area contributed by atoms with Crippen molar-refractivity contribution in [3.05, 3.63) is 69.5 Å². The van der Waals surface area contributed by atoms with Crippen LogP contribution in [0.3, 0.4) is 0 Å². The second-order valence-corrected chi connectivity index (χ2v) is 6.41. The van der Waals surface area contributed by atoms with Gasteiger partial charge in [-0.1, -0.05) is 0 Å². The van der Waals surface area contributed by atoms with Gasteiger partial charge in [-0.25, -0.2) is 4.79 Å². The maximum atomic E-state index is 12.5. The largest absolute Gasteiger partial charge is 0.452 e. The van der Waals surface area contributed by atoms with Crippen molar-refractivity contribution in [1.29, 1.82) is 0 Å². The number of nitro groups is 1. The fraction of sp³-hybridized carbons (Fsp3) is 0.200. The van der Waals surface area contributed by atoms with Crippen molar-refractivity contribution < 1.29 is 28.7 Å². The Labute approximate surface area is 165 Å². The Kier molecular flexibility index (Phi) is 4.96. The predicted octanol–water partition coefficient (Wildman–Crippen LogP) is 3.04. The van der Waals surface area contributed by atoms with Gasteiger partial charge >= 0.3 is 6.09 Å². The summed E-state index contributed by atoms with van der Waals surface area (Å²) in [6.07, 6.45) is 1.02. The van der Waals surface area contributed by atoms with Crippen LogP contribution in [0.15, 0.2) is 48.2 Å². The Morgan fingerprint density at radius 1 is 1.14 bits per heavy atom. The number of benzene rings is 2. The average Bonchev–Trinajstić information content (AvgIpc) is 3.03. The van der Waals surface area contributed by atoms with E-state index in [0.29, 0.717) is 37.4 Å². The van der Waals surface area contributed by atoms with Crippen LogP contribution >= 0.6 is 0 Å². The number of amides is 1. The van der Waals surface area contributed by atoms with E-state index in [1.54, 1.807) is 4.90 Å². The van der Waals surface area contributed by atoms with E-state index in [2.05, 4.69) is 0 Å². The van der Waals surface area contributed by atoms with Gasteiger partial charge < -0.3 is 19.1 Å². The molecule has 148 valence electrons. The molecular weight excluding hydrogens is 380 g/mol. The number of carbonyl (C=O) groups is 2. The highest BCUT2D eigenvalue weighted by Crippen LogP contribution is 2.35. The zero-order valence-corrected chi connectivity index (χ0v) is 15.2. The highest BCUT2D eigenvalue weighted by Gasteiger charge is 2.28. The molecule has 1 saturated heterocycles. The summed E-state index contributed by atoms with van der Waals surface area (Å²) in [6, 6.07) is 10.3. The van der Waals surface area contributed by atoms with Gasteiger partial charge in [0, 0.05) is 31.3 Å². The second-order valence-electron chi connectivity index (χ2n) is 6.41. The van der Waals surface area contributed by atoms with Crippen LogP contribution in [0.25, 0.3) is 6.08 Å². The molecule has 0 bridgehead atoms. The van der Waals surface area contributed by atoms with Gasteiger partial charge in [-0.05, 0) is 35.9 Å². The quantitative estimate of drug-likeness (QED) is 0.446. The lowest BCUT2D eigenvalue weighted by atomic mass is 10.1. The van der Waals surface area contributed by atoms with Crippen LogP contribution in [0.4, 0.5) is 10.5 Å². The number of hydrogen-bond acceptors (Lipinski definition) is 7. The summed E-state index contributed by atoms with van der Waals surface area (Å²) in [5.74, 6) is 0.329. The molecule has 2 aromatic rings. The minimum absolute atomic E-state index is 0.0409. The van der Waals surface area contributed by atoms with Crippen molar-refractivity contribution in [2.45, 2.75) is 0 Å². The van der Waals surface area contributed by atoms with E-state index in [9.17, 15) is 19.7 Å². The average molecular weight is 396 g/mol. The van der Waals surface area contributed by atoms with Crippen molar-refractivity contribution in [3.63, 3.8) is 0 Å². The van der Waals surface area contributed by atoms with E-state index in [4.69, 9.17) is 14.2 Å². The molecule has 0 radical (unpaired) electrons. The number of hydrogen-bond donors (Lipinski definition) is 0. The normalized spacial score (nSPS) is 17.0. The van der Waals surface area contributed by atoms with E-state index in [1.165, 1.54) is 48.5 Å². The fourth-order valence-electron chi connectivity index (χ4n) is 2.99. The minimum Gasteiger partial charge on any atom is -0.452 e. The van der Waals surface area contributed by atoms with Gasteiger partial charge in [-0.15, -0.1) is 0 Å². The summed E-state index contributed by atoms with van der Waals surface area (Å²) in [5, 5.41) is 10.7. The standard InChI is InChI=1S/C20H16N2O7/c23-19-16-6-5-15(28-20(24)21-7-9-27-10-8-21)12-17(16)29-18(19)11-13-1-3-14(4-2-13)22(25)26/h1-6,11-12H,7-10H2/b18-11+. The van der Waals surface area contributed by atoms with Crippen LogP contribution in [0, 0.1) is 10.1 Å². The van der Waals surface area contributed by atoms with Gasteiger partial charge in [-0.2, -0.15) is 0 Å². The van der Waals surface area contributed by atoms with Crippen LogP contribution in [0.2, 0.25) is 0 Å². The van der Waals surface area contributed by atoms with Gasteiger partial charge in [0.2, 0.25) is 5.78 Å². The molecule has 0 aliphatic carbocycles. The topological polar surface area (TPSA) is 108 Å². The number of ether oxygens (including phenoxy) is 3. The highest BCUT2D eigenvalue weighted by molar-refractivity contribution is 6.14. The molecule has 0 spiro atoms. The molecule has 2 aliphatic rings. The Balaban J connectivity index is 1.49. The van der Waals surface area contributed by atoms with Gasteiger partial charge in [0.15, 0.2) is 5.76 Å². The Morgan fingerprint density at radius 2 is 1.86 bits per heavy atom. The number of ketones is 1. The molecule has 0 atom stereocenters. The molecule has 0 unspecified atom stereocenters. The van der Waals surface area contributed by atoms with E-state index in [-0.39, 0.29) is 28.7 Å². The molecule has 9 heteroatoms. The van der Waals surface area contributed by atoms with E-state index in [0.717, 1.165) is 0 Å². The Bertz CT molecular complexity index is 1010. The molecule has 1 amide bonds. The van der Waals surface area contributed by atoms with Gasteiger partial charge in [0.1, 0.15) is 11.5 Å². The molecule has 2 aliphatic heterocycles. The zero-order chi connectivity index (χ0) is 20.4. The smallest absolute Gasteiger partial charge is 0.415 e. The fourth-order valence-corrected chi connectivity index (χ4v) is 2.99. The molecule has 2 aromatic carbocycles. The molecule has 4 rings (SSSR count). The second kappa shape index (κ2) is 7.72. The Hall–Kier alpha value is -3.72. The van der Waals surface area contributed by atoms with Crippen LogP contribution in [0.1, 0.15) is 15.9 Å². The molecule has 0 N–H and O–H groups in total. The number of morpholine rings is 1. The summed E-state index contributed by atoms with van der Waals surface area (Å²) in [5.41, 5.74) is 0.899. The number of non-ortho nitro benzene ring substituents is 1. The molecule has 1 fully saturated rings. The first-order valence-electron chi connectivity index (χ1n) is 8.88. The number of Topliss-reactive ketones (excluding diaryl/α,β-unsaturated/α-hetero) is 1. The van der Waals surface area contributed by atoms with Crippen LogP contribution < -0.4 is 9.47 Å². The molecule has 0 aromatic heterocycles. The number of carbonyl (C=O) groups excluding carboxylic acids is 2. The minimum atomic E-state index is -0.496. The van der Waals surface area contributed by atoms with Crippen LogP contribution in [-0.4, -0.2) is 48.0 Å². The van der Waals surface area contributed by atoms with Crippen molar-refractivity contribution in [3.8, 4) is 11.5 Å². The number of nitrogens with zero attached hydrogens (tertiary/aromatic N) is 2. The third-order valence-electron chi connectivity index (χ3n) is 4.52. The number of rotatable bonds is 3. The first-order valence-corrected chi connectivity index (χ1v) is 8.88. The van der Waals surface area contributed by atoms with Gasteiger partial charge in [0.05, 0.1) is 23.7 Å². The lowest BCUT2D eigenvalue weighted by molar-refractivity contribution is -0.384. The van der Waals surface area contributed by atoms with Crippen LogP contribution in [0.5, 0.6) is 11.5 Å². The Morgan fingerprint density at radius 3 is 2.55 bits per heavy atom. The molecule has 0 saturated carbocycles. The summed E-state index contributed by atoms with van der Waals surface area (Å²) >= 11 is 0. The lowest BCUT2D eigenvalue weighted by Crippen LogP contribution is -2.42. The first kappa shape index (κ1) is 18.6. The maximum Gasteiger partial charge on any atom is 0.415 e. The van der Waals surface area contributed by atoms with Crippen LogP contribution in [-0.2, 0) is 4.74 Å². The van der Waals surface area contributed by atoms with Crippen molar-refractivity contribution in [2.75, 3.05) is 26.3 Å². The summed E-state index contributed by atoms with van der Waals surface area (Å²) in [6.45, 7) is 1.85. The van der Waals surface area contributed by atoms with Crippen molar-refractivity contribution in [1.82, 2.24) is 4.90 Å². The van der Waals surface area contributed by atoms with E-state index in [1.807, 2.05) is 0 Å². The highest BCUT2D eigenvalue weighted by atomic mass is 16.6. The van der Waals surface area contributed by atoms with E-state index >= 15 is 0 Å². The third kappa shape index (κ3) is 3.94. The third-order valence-corrected chi connectivity index (χ3v) is 4.52. The molecule has 2 heterocycles. The number of fused-ring (bicyclic) bond motifs is 1. The predicted molar refractivity (Wildman–Crippen MR) is 101 cm³/mol. The zero-order valence-electron chi connectivity index (χ0n) is 15.2. The number of allylic oxidation sites excluding steroid dienone is 1. The molecular formula is C20H16N2O7. The van der Waals surface area contributed by atoms with Gasteiger partial charge in [-0.3, -0.25) is 14.9 Å². The lowest BCUT2D eigenvalue weighted by Gasteiger charge is -2.25. The summed E-state index contributed by atoms with van der Waals surface area (Å²) in [4.78, 5) is 36.5. The van der Waals surface area contributed by atoms with Crippen molar-refractivity contribution >= 4 is 23.6 Å². The van der Waals surface area contributed by atoms with Crippen molar-refractivity contribution in [2.24, 2.45) is 0 Å². The van der Waals surface area contributed by atoms with Gasteiger partial charge in [0.25, 0.3) is 5.69 Å².